The lowest BCUT2D eigenvalue weighted by molar-refractivity contribution is 0.444. The van der Waals surface area contributed by atoms with Crippen molar-refractivity contribution in [3.63, 3.8) is 0 Å². The van der Waals surface area contributed by atoms with Crippen LogP contribution in [0.4, 0.5) is 5.69 Å². The molecule has 2 N–H and O–H groups in total. The molecule has 0 amide bonds. The minimum atomic E-state index is -3.46. The Bertz CT molecular complexity index is 578. The van der Waals surface area contributed by atoms with Crippen LogP contribution < -0.4 is 5.73 Å². The van der Waals surface area contributed by atoms with Crippen molar-refractivity contribution < 1.29 is 8.42 Å². The summed E-state index contributed by atoms with van der Waals surface area (Å²) in [5, 5.41) is 0.425. The lowest BCUT2D eigenvalue weighted by Crippen LogP contribution is -2.29. The highest BCUT2D eigenvalue weighted by Crippen LogP contribution is 2.31. The third-order valence-electron chi connectivity index (χ3n) is 3.84. The first-order chi connectivity index (χ1) is 9.36. The topological polar surface area (TPSA) is 63.4 Å². The molecule has 0 saturated carbocycles. The zero-order chi connectivity index (χ0) is 14.9. The van der Waals surface area contributed by atoms with Crippen molar-refractivity contribution in [3.05, 3.63) is 22.7 Å². The summed E-state index contributed by atoms with van der Waals surface area (Å²) in [6, 6.07) is 3.05. The first-order valence-corrected chi connectivity index (χ1v) is 8.73. The van der Waals surface area contributed by atoms with Gasteiger partial charge in [-0.2, -0.15) is 4.31 Å². The van der Waals surface area contributed by atoms with Crippen LogP contribution in [-0.2, 0) is 10.0 Å². The molecule has 0 aliphatic carbocycles. The van der Waals surface area contributed by atoms with Crippen LogP contribution in [0.5, 0.6) is 0 Å². The number of nitrogens with two attached hydrogens (primary N) is 1. The second-order valence-electron chi connectivity index (χ2n) is 5.45. The molecular weight excluding hydrogens is 296 g/mol. The lowest BCUT2D eigenvalue weighted by atomic mass is 10.0. The highest BCUT2D eigenvalue weighted by molar-refractivity contribution is 7.89. The van der Waals surface area contributed by atoms with E-state index in [2.05, 4.69) is 6.92 Å². The van der Waals surface area contributed by atoms with E-state index in [9.17, 15) is 8.42 Å². The van der Waals surface area contributed by atoms with Crippen molar-refractivity contribution in [3.8, 4) is 0 Å². The van der Waals surface area contributed by atoms with Crippen molar-refractivity contribution in [2.45, 2.75) is 38.0 Å². The Balaban J connectivity index is 2.28. The van der Waals surface area contributed by atoms with Gasteiger partial charge in [0.2, 0.25) is 10.0 Å². The predicted molar refractivity (Wildman–Crippen MR) is 82.4 cm³/mol. The first-order valence-electron chi connectivity index (χ1n) is 6.92. The van der Waals surface area contributed by atoms with Crippen molar-refractivity contribution in [1.82, 2.24) is 4.31 Å². The molecule has 1 aromatic carbocycles. The molecule has 1 aliphatic rings. The van der Waals surface area contributed by atoms with Crippen LogP contribution in [0.25, 0.3) is 0 Å². The minimum absolute atomic E-state index is 0.244. The van der Waals surface area contributed by atoms with E-state index in [-0.39, 0.29) is 4.90 Å². The molecule has 1 atom stereocenters. The summed E-state index contributed by atoms with van der Waals surface area (Å²) in [6.07, 6.45) is 3.11. The molecule has 1 saturated heterocycles. The number of halogens is 1. The summed E-state index contributed by atoms with van der Waals surface area (Å²) in [5.41, 5.74) is 6.78. The van der Waals surface area contributed by atoms with E-state index < -0.39 is 10.0 Å². The van der Waals surface area contributed by atoms with Gasteiger partial charge in [-0.3, -0.25) is 0 Å². The highest BCUT2D eigenvalue weighted by Gasteiger charge is 2.32. The van der Waals surface area contributed by atoms with Crippen LogP contribution in [0.15, 0.2) is 17.0 Å². The maximum Gasteiger partial charge on any atom is 0.243 e. The molecule has 1 fully saturated rings. The third-order valence-corrected chi connectivity index (χ3v) is 6.20. The predicted octanol–water partition coefficient (Wildman–Crippen LogP) is 3.04. The molecule has 112 valence electrons. The third kappa shape index (κ3) is 2.95. The van der Waals surface area contributed by atoms with Crippen molar-refractivity contribution in [2.75, 3.05) is 18.8 Å². The first kappa shape index (κ1) is 15.6. The molecule has 0 aromatic heterocycles. The smallest absolute Gasteiger partial charge is 0.243 e. The molecule has 4 nitrogen and oxygen atoms in total. The van der Waals surface area contributed by atoms with Gasteiger partial charge in [-0.1, -0.05) is 24.9 Å². The molecule has 2 rings (SSSR count). The van der Waals surface area contributed by atoms with Crippen LogP contribution in [0.2, 0.25) is 5.02 Å². The lowest BCUT2D eigenvalue weighted by Gasteiger charge is -2.18. The molecule has 1 aliphatic heterocycles. The fourth-order valence-electron chi connectivity index (χ4n) is 2.72. The van der Waals surface area contributed by atoms with E-state index in [1.165, 1.54) is 6.07 Å². The number of hydrogen-bond donors (Lipinski definition) is 1. The van der Waals surface area contributed by atoms with E-state index in [1.54, 1.807) is 17.3 Å². The van der Waals surface area contributed by atoms with Gasteiger partial charge in [0.25, 0.3) is 0 Å². The van der Waals surface area contributed by atoms with Gasteiger partial charge < -0.3 is 5.73 Å². The molecule has 1 unspecified atom stereocenters. The van der Waals surface area contributed by atoms with Gasteiger partial charge in [0.1, 0.15) is 0 Å². The van der Waals surface area contributed by atoms with Gasteiger partial charge >= 0.3 is 0 Å². The largest absolute Gasteiger partial charge is 0.397 e. The van der Waals surface area contributed by atoms with E-state index in [1.807, 2.05) is 0 Å². The molecule has 0 spiro atoms. The molecular formula is C14H21ClN2O2S. The average molecular weight is 317 g/mol. The zero-order valence-electron chi connectivity index (χ0n) is 11.9. The molecule has 1 heterocycles. The Kier molecular flexibility index (Phi) is 4.62. The van der Waals surface area contributed by atoms with E-state index in [0.29, 0.717) is 35.3 Å². The van der Waals surface area contributed by atoms with Crippen LogP contribution in [0, 0.1) is 12.8 Å². The van der Waals surface area contributed by atoms with Crippen LogP contribution in [0.1, 0.15) is 31.7 Å². The monoisotopic (exact) mass is 316 g/mol. The Morgan fingerprint density at radius 2 is 2.15 bits per heavy atom. The van der Waals surface area contributed by atoms with Crippen molar-refractivity contribution in [1.29, 1.82) is 0 Å². The SMILES string of the molecule is CCCC1CCN(S(=O)(=O)c2cc(C)c(Cl)c(N)c2)C1. The Morgan fingerprint density at radius 1 is 1.45 bits per heavy atom. The number of nitrogens with zero attached hydrogens (tertiary/aromatic N) is 1. The average Bonchev–Trinajstić information content (AvgIpc) is 2.85. The number of anilines is 1. The van der Waals surface area contributed by atoms with Crippen LogP contribution in [0.3, 0.4) is 0 Å². The van der Waals surface area contributed by atoms with Crippen molar-refractivity contribution in [2.24, 2.45) is 5.92 Å². The standard InChI is InChI=1S/C14H21ClN2O2S/c1-3-4-11-5-6-17(9-11)20(18,19)12-7-10(2)14(15)13(16)8-12/h7-8,11H,3-6,9,16H2,1-2H3. The highest BCUT2D eigenvalue weighted by atomic mass is 35.5. The molecule has 6 heteroatoms. The Labute approximate surface area is 126 Å². The van der Waals surface area contributed by atoms with E-state index in [4.69, 9.17) is 17.3 Å². The molecule has 20 heavy (non-hydrogen) atoms. The minimum Gasteiger partial charge on any atom is -0.397 e. The Morgan fingerprint density at radius 3 is 2.75 bits per heavy atom. The fraction of sp³-hybridized carbons (Fsp3) is 0.571. The number of nitrogen functional groups attached to an aromatic ring is 1. The number of aryl methyl sites for hydroxylation is 1. The van der Waals surface area contributed by atoms with Crippen LogP contribution in [-0.4, -0.2) is 25.8 Å². The van der Waals surface area contributed by atoms with E-state index >= 15 is 0 Å². The van der Waals surface area contributed by atoms with Gasteiger partial charge in [0, 0.05) is 13.1 Å². The summed E-state index contributed by atoms with van der Waals surface area (Å²) in [4.78, 5) is 0.244. The normalized spacial score (nSPS) is 20.4. The maximum absolute atomic E-state index is 12.6. The number of sulfonamides is 1. The van der Waals surface area contributed by atoms with Gasteiger partial charge in [0.15, 0.2) is 0 Å². The summed E-state index contributed by atoms with van der Waals surface area (Å²) in [5.74, 6) is 0.473. The van der Waals surface area contributed by atoms with Gasteiger partial charge in [-0.15, -0.1) is 0 Å². The Hall–Kier alpha value is -0.780. The second kappa shape index (κ2) is 5.92. The summed E-state index contributed by atoms with van der Waals surface area (Å²) < 4.78 is 26.8. The molecule has 0 radical (unpaired) electrons. The zero-order valence-corrected chi connectivity index (χ0v) is 13.5. The fourth-order valence-corrected chi connectivity index (χ4v) is 4.48. The summed E-state index contributed by atoms with van der Waals surface area (Å²) in [6.45, 7) is 5.09. The van der Waals surface area contributed by atoms with E-state index in [0.717, 1.165) is 19.3 Å². The number of hydrogen-bond acceptors (Lipinski definition) is 3. The second-order valence-corrected chi connectivity index (χ2v) is 7.77. The van der Waals surface area contributed by atoms with Gasteiger partial charge in [0.05, 0.1) is 15.6 Å². The van der Waals surface area contributed by atoms with Crippen LogP contribution >= 0.6 is 11.6 Å². The van der Waals surface area contributed by atoms with Crippen molar-refractivity contribution >= 4 is 27.3 Å². The molecule has 0 bridgehead atoms. The molecule has 1 aromatic rings. The summed E-state index contributed by atoms with van der Waals surface area (Å²) >= 11 is 5.99. The summed E-state index contributed by atoms with van der Waals surface area (Å²) in [7, 11) is -3.46. The maximum atomic E-state index is 12.6. The number of benzene rings is 1. The van der Waals surface area contributed by atoms with Gasteiger partial charge in [-0.25, -0.2) is 8.42 Å². The quantitative estimate of drug-likeness (QED) is 0.868. The number of rotatable bonds is 4. The van der Waals surface area contributed by atoms with Gasteiger partial charge in [-0.05, 0) is 43.4 Å².